The Kier molecular flexibility index (Phi) is 4.31. The summed E-state index contributed by atoms with van der Waals surface area (Å²) < 4.78 is 5.23. The highest BCUT2D eigenvalue weighted by molar-refractivity contribution is 5.95. The molecule has 0 bridgehead atoms. The summed E-state index contributed by atoms with van der Waals surface area (Å²) in [7, 11) is 3.29. The molecule has 0 heterocycles. The molecule has 1 aromatic rings. The van der Waals surface area contributed by atoms with Crippen LogP contribution in [0.2, 0.25) is 0 Å². The molecule has 0 unspecified atom stereocenters. The zero-order valence-electron chi connectivity index (χ0n) is 9.99. The number of nitrogens with zero attached hydrogens (tertiary/aromatic N) is 1. The Morgan fingerprint density at radius 3 is 2.69 bits per heavy atom. The van der Waals surface area contributed by atoms with Crippen molar-refractivity contribution in [1.29, 1.82) is 0 Å². The first-order chi connectivity index (χ1) is 7.63. The van der Waals surface area contributed by atoms with Crippen LogP contribution in [-0.2, 0) is 11.2 Å². The van der Waals surface area contributed by atoms with Gasteiger partial charge in [0.15, 0.2) is 0 Å². The topological polar surface area (TPSA) is 55.6 Å². The number of aryl methyl sites for hydroxylation is 1. The van der Waals surface area contributed by atoms with Gasteiger partial charge in [-0.15, -0.1) is 0 Å². The second kappa shape index (κ2) is 5.51. The highest BCUT2D eigenvalue weighted by atomic mass is 16.5. The van der Waals surface area contributed by atoms with Gasteiger partial charge in [-0.3, -0.25) is 4.79 Å². The molecule has 0 fully saturated rings. The number of carbonyl (C=O) groups is 1. The van der Waals surface area contributed by atoms with Crippen LogP contribution in [0.5, 0.6) is 5.75 Å². The molecule has 0 saturated heterocycles. The maximum Gasteiger partial charge on any atom is 0.240 e. The molecule has 2 N–H and O–H groups in total. The largest absolute Gasteiger partial charge is 0.495 e. The maximum absolute atomic E-state index is 11.5. The summed E-state index contributed by atoms with van der Waals surface area (Å²) in [5.74, 6) is 0.549. The van der Waals surface area contributed by atoms with Crippen molar-refractivity contribution in [2.75, 3.05) is 25.6 Å². The van der Waals surface area contributed by atoms with Crippen LogP contribution >= 0.6 is 0 Å². The molecule has 0 aliphatic heterocycles. The smallest absolute Gasteiger partial charge is 0.240 e. The van der Waals surface area contributed by atoms with Gasteiger partial charge in [0.1, 0.15) is 5.75 Å². The first-order valence-corrected chi connectivity index (χ1v) is 5.27. The molecular formula is C12H18N2O2. The third kappa shape index (κ3) is 2.52. The van der Waals surface area contributed by atoms with Crippen molar-refractivity contribution in [3.05, 3.63) is 23.8 Å². The average molecular weight is 222 g/mol. The Labute approximate surface area is 96.0 Å². The van der Waals surface area contributed by atoms with Gasteiger partial charge in [0.05, 0.1) is 19.3 Å². The molecule has 1 aromatic carbocycles. The second-order valence-corrected chi connectivity index (χ2v) is 3.52. The van der Waals surface area contributed by atoms with Gasteiger partial charge in [-0.2, -0.15) is 0 Å². The summed E-state index contributed by atoms with van der Waals surface area (Å²) in [6.07, 6.45) is 0.918. The lowest BCUT2D eigenvalue weighted by Gasteiger charge is -2.20. The molecule has 4 nitrogen and oxygen atoms in total. The van der Waals surface area contributed by atoms with E-state index in [9.17, 15) is 4.79 Å². The van der Waals surface area contributed by atoms with Crippen LogP contribution in [0.1, 0.15) is 12.5 Å². The number of amides is 1. The van der Waals surface area contributed by atoms with Crippen molar-refractivity contribution in [1.82, 2.24) is 0 Å². The summed E-state index contributed by atoms with van der Waals surface area (Å²) in [6.45, 7) is 2.06. The zero-order chi connectivity index (χ0) is 12.1. The lowest BCUT2D eigenvalue weighted by Crippen LogP contribution is -2.32. The van der Waals surface area contributed by atoms with Crippen LogP contribution in [0.4, 0.5) is 5.69 Å². The van der Waals surface area contributed by atoms with E-state index in [1.54, 1.807) is 14.2 Å². The highest BCUT2D eigenvalue weighted by Gasteiger charge is 2.14. The number of nitrogens with two attached hydrogens (primary N) is 1. The predicted molar refractivity (Wildman–Crippen MR) is 64.8 cm³/mol. The van der Waals surface area contributed by atoms with Crippen molar-refractivity contribution < 1.29 is 9.53 Å². The minimum atomic E-state index is -0.133. The summed E-state index contributed by atoms with van der Waals surface area (Å²) in [5, 5.41) is 0. The molecule has 88 valence electrons. The van der Waals surface area contributed by atoms with Gasteiger partial charge in [-0.25, -0.2) is 0 Å². The molecule has 1 amide bonds. The molecule has 0 aromatic heterocycles. The lowest BCUT2D eigenvalue weighted by atomic mass is 10.1. The molecule has 1 rings (SSSR count). The molecule has 4 heteroatoms. The van der Waals surface area contributed by atoms with Gasteiger partial charge >= 0.3 is 0 Å². The number of methoxy groups -OCH3 is 1. The van der Waals surface area contributed by atoms with E-state index in [0.29, 0.717) is 5.75 Å². The van der Waals surface area contributed by atoms with E-state index in [4.69, 9.17) is 10.5 Å². The van der Waals surface area contributed by atoms with E-state index >= 15 is 0 Å². The summed E-state index contributed by atoms with van der Waals surface area (Å²) >= 11 is 0. The Bertz CT molecular complexity index is 377. The SMILES string of the molecule is CCc1ccc(OC)c(N(C)C(=O)CN)c1. The summed E-state index contributed by atoms with van der Waals surface area (Å²) in [4.78, 5) is 13.1. The maximum atomic E-state index is 11.5. The first-order valence-electron chi connectivity index (χ1n) is 5.27. The second-order valence-electron chi connectivity index (χ2n) is 3.52. The Hall–Kier alpha value is -1.55. The van der Waals surface area contributed by atoms with E-state index in [1.807, 2.05) is 18.2 Å². The van der Waals surface area contributed by atoms with E-state index in [-0.39, 0.29) is 12.5 Å². The van der Waals surface area contributed by atoms with Crippen molar-refractivity contribution in [2.45, 2.75) is 13.3 Å². The van der Waals surface area contributed by atoms with Gasteiger partial charge < -0.3 is 15.4 Å². The standard InChI is InChI=1S/C12H18N2O2/c1-4-9-5-6-11(16-3)10(7-9)14(2)12(15)8-13/h5-7H,4,8,13H2,1-3H3. The van der Waals surface area contributed by atoms with Crippen LogP contribution in [0, 0.1) is 0 Å². The normalized spacial score (nSPS) is 10.0. The fourth-order valence-corrected chi connectivity index (χ4v) is 1.49. The number of rotatable bonds is 4. The van der Waals surface area contributed by atoms with Gasteiger partial charge in [0.25, 0.3) is 0 Å². The van der Waals surface area contributed by atoms with Crippen LogP contribution in [-0.4, -0.2) is 26.6 Å². The quantitative estimate of drug-likeness (QED) is 0.832. The average Bonchev–Trinajstić information content (AvgIpc) is 2.35. The van der Waals surface area contributed by atoms with E-state index in [1.165, 1.54) is 4.90 Å². The van der Waals surface area contributed by atoms with Gasteiger partial charge in [-0.1, -0.05) is 13.0 Å². The first kappa shape index (κ1) is 12.5. The number of benzene rings is 1. The number of hydrogen-bond donors (Lipinski definition) is 1. The number of carbonyl (C=O) groups excluding carboxylic acids is 1. The number of likely N-dealkylation sites (N-methyl/N-ethyl adjacent to an activating group) is 1. The number of ether oxygens (including phenoxy) is 1. The fourth-order valence-electron chi connectivity index (χ4n) is 1.49. The van der Waals surface area contributed by atoms with Gasteiger partial charge in [0, 0.05) is 7.05 Å². The van der Waals surface area contributed by atoms with Crippen molar-refractivity contribution >= 4 is 11.6 Å². The third-order valence-electron chi connectivity index (χ3n) is 2.56. The third-order valence-corrected chi connectivity index (χ3v) is 2.56. The molecule has 0 atom stereocenters. The molecular weight excluding hydrogens is 204 g/mol. The van der Waals surface area contributed by atoms with E-state index in [2.05, 4.69) is 6.92 Å². The van der Waals surface area contributed by atoms with Gasteiger partial charge in [0.2, 0.25) is 5.91 Å². The molecule has 0 aliphatic carbocycles. The Morgan fingerprint density at radius 1 is 1.50 bits per heavy atom. The predicted octanol–water partition coefficient (Wildman–Crippen LogP) is 1.18. The van der Waals surface area contributed by atoms with Crippen molar-refractivity contribution in [2.24, 2.45) is 5.73 Å². The lowest BCUT2D eigenvalue weighted by molar-refractivity contribution is -0.117. The monoisotopic (exact) mass is 222 g/mol. The van der Waals surface area contributed by atoms with Crippen molar-refractivity contribution in [3.8, 4) is 5.75 Å². The number of hydrogen-bond acceptors (Lipinski definition) is 3. The van der Waals surface area contributed by atoms with Crippen LogP contribution in [0.25, 0.3) is 0 Å². The zero-order valence-corrected chi connectivity index (χ0v) is 9.99. The van der Waals surface area contributed by atoms with E-state index in [0.717, 1.165) is 17.7 Å². The van der Waals surface area contributed by atoms with E-state index < -0.39 is 0 Å². The molecule has 0 saturated carbocycles. The van der Waals surface area contributed by atoms with Crippen LogP contribution in [0.3, 0.4) is 0 Å². The van der Waals surface area contributed by atoms with Crippen LogP contribution < -0.4 is 15.4 Å². The summed E-state index contributed by atoms with van der Waals surface area (Å²) in [5.41, 5.74) is 7.26. The Morgan fingerprint density at radius 2 is 2.19 bits per heavy atom. The molecule has 0 radical (unpaired) electrons. The fraction of sp³-hybridized carbons (Fsp3) is 0.417. The number of anilines is 1. The molecule has 0 spiro atoms. The minimum Gasteiger partial charge on any atom is -0.495 e. The molecule has 16 heavy (non-hydrogen) atoms. The van der Waals surface area contributed by atoms with Crippen molar-refractivity contribution in [3.63, 3.8) is 0 Å². The highest BCUT2D eigenvalue weighted by Crippen LogP contribution is 2.28. The molecule has 0 aliphatic rings. The van der Waals surface area contributed by atoms with Crippen LogP contribution in [0.15, 0.2) is 18.2 Å². The summed E-state index contributed by atoms with van der Waals surface area (Å²) in [6, 6.07) is 5.81. The minimum absolute atomic E-state index is 0.00396. The van der Waals surface area contributed by atoms with Gasteiger partial charge in [-0.05, 0) is 24.1 Å². The Balaban J connectivity index is 3.12.